The van der Waals surface area contributed by atoms with Crippen LogP contribution >= 0.6 is 0 Å². The van der Waals surface area contributed by atoms with E-state index in [4.69, 9.17) is 0 Å². The van der Waals surface area contributed by atoms with Crippen molar-refractivity contribution < 1.29 is 13.2 Å². The molecule has 0 radical (unpaired) electrons. The van der Waals surface area contributed by atoms with E-state index in [1.165, 1.54) is 0 Å². The second kappa shape index (κ2) is 6.60. The number of rotatable bonds is 6. The van der Waals surface area contributed by atoms with Crippen molar-refractivity contribution >= 4 is 0 Å². The molecule has 0 N–H and O–H groups in total. The van der Waals surface area contributed by atoms with Gasteiger partial charge in [0.25, 0.3) is 0 Å². The van der Waals surface area contributed by atoms with E-state index in [1.54, 1.807) is 31.2 Å². The molecule has 0 aliphatic rings. The van der Waals surface area contributed by atoms with Gasteiger partial charge >= 0.3 is 6.18 Å². The van der Waals surface area contributed by atoms with E-state index in [2.05, 4.69) is 13.2 Å². The zero-order chi connectivity index (χ0) is 14.5. The fourth-order valence-corrected chi connectivity index (χ4v) is 2.20. The maximum atomic E-state index is 13.2. The van der Waals surface area contributed by atoms with Crippen LogP contribution in [-0.4, -0.2) is 0 Å². The van der Waals surface area contributed by atoms with Gasteiger partial charge in [-0.1, -0.05) is 24.3 Å². The summed E-state index contributed by atoms with van der Waals surface area (Å²) in [6, 6.07) is 3.39. The number of alkyl halides is 3. The number of hydrogen-bond donors (Lipinski definition) is 0. The monoisotopic (exact) mass is 268 g/mol. The third-order valence-corrected chi connectivity index (χ3v) is 3.18. The minimum atomic E-state index is -4.30. The normalized spacial score (nSPS) is 11.4. The van der Waals surface area contributed by atoms with Crippen LogP contribution in [0, 0.1) is 6.92 Å². The SMILES string of the molecule is C=CCCc1ccc(CCC=C)c(C(F)(F)F)c1C. The van der Waals surface area contributed by atoms with E-state index in [-0.39, 0.29) is 0 Å². The summed E-state index contributed by atoms with van der Waals surface area (Å²) in [6.07, 6.45) is 1.27. The van der Waals surface area contributed by atoms with Gasteiger partial charge in [-0.25, -0.2) is 0 Å². The molecule has 1 aromatic rings. The summed E-state index contributed by atoms with van der Waals surface area (Å²) in [5.74, 6) is 0. The van der Waals surface area contributed by atoms with E-state index < -0.39 is 11.7 Å². The molecule has 0 amide bonds. The van der Waals surface area contributed by atoms with Crippen molar-refractivity contribution in [2.75, 3.05) is 0 Å². The molecule has 0 aliphatic heterocycles. The predicted molar refractivity (Wildman–Crippen MR) is 73.2 cm³/mol. The molecule has 0 aromatic heterocycles. The largest absolute Gasteiger partial charge is 0.416 e. The number of aryl methyl sites for hydroxylation is 2. The molecule has 0 aliphatic carbocycles. The zero-order valence-corrected chi connectivity index (χ0v) is 11.2. The summed E-state index contributed by atoms with van der Waals surface area (Å²) >= 11 is 0. The molecule has 1 rings (SSSR count). The van der Waals surface area contributed by atoms with Gasteiger partial charge in [0.2, 0.25) is 0 Å². The molecule has 0 fully saturated rings. The second-order valence-electron chi connectivity index (χ2n) is 4.54. The zero-order valence-electron chi connectivity index (χ0n) is 11.2. The van der Waals surface area contributed by atoms with Crippen molar-refractivity contribution in [3.63, 3.8) is 0 Å². The molecule has 0 heterocycles. The second-order valence-corrected chi connectivity index (χ2v) is 4.54. The Morgan fingerprint density at radius 3 is 1.95 bits per heavy atom. The third kappa shape index (κ3) is 3.98. The Kier molecular flexibility index (Phi) is 5.40. The van der Waals surface area contributed by atoms with Gasteiger partial charge in [-0.2, -0.15) is 13.2 Å². The van der Waals surface area contributed by atoms with Gasteiger partial charge in [0.05, 0.1) is 5.56 Å². The van der Waals surface area contributed by atoms with E-state index in [0.29, 0.717) is 36.8 Å². The summed E-state index contributed by atoms with van der Waals surface area (Å²) in [5, 5.41) is 0. The highest BCUT2D eigenvalue weighted by Gasteiger charge is 2.35. The van der Waals surface area contributed by atoms with Crippen LogP contribution in [0.5, 0.6) is 0 Å². The van der Waals surface area contributed by atoms with Crippen LogP contribution in [0.4, 0.5) is 13.2 Å². The molecular formula is C16H19F3. The first-order valence-electron chi connectivity index (χ1n) is 6.32. The minimum absolute atomic E-state index is 0.343. The molecule has 0 atom stereocenters. The van der Waals surface area contributed by atoms with Crippen molar-refractivity contribution in [2.24, 2.45) is 0 Å². The van der Waals surface area contributed by atoms with Crippen LogP contribution in [0.25, 0.3) is 0 Å². The summed E-state index contributed by atoms with van der Waals surface area (Å²) in [5.41, 5.74) is 0.966. The molecule has 0 unspecified atom stereocenters. The fourth-order valence-electron chi connectivity index (χ4n) is 2.20. The maximum Gasteiger partial charge on any atom is 0.416 e. The first-order valence-corrected chi connectivity index (χ1v) is 6.32. The molecule has 1 aromatic carbocycles. The first-order chi connectivity index (χ1) is 8.91. The smallest absolute Gasteiger partial charge is 0.166 e. The van der Waals surface area contributed by atoms with Crippen LogP contribution in [0.2, 0.25) is 0 Å². The molecule has 0 nitrogen and oxygen atoms in total. The van der Waals surface area contributed by atoms with Gasteiger partial charge in [-0.3, -0.25) is 0 Å². The minimum Gasteiger partial charge on any atom is -0.166 e. The molecule has 0 saturated carbocycles. The average molecular weight is 268 g/mol. The summed E-state index contributed by atoms with van der Waals surface area (Å²) in [6.45, 7) is 8.71. The molecule has 19 heavy (non-hydrogen) atoms. The summed E-state index contributed by atoms with van der Waals surface area (Å²) in [4.78, 5) is 0. The quantitative estimate of drug-likeness (QED) is 0.618. The lowest BCUT2D eigenvalue weighted by molar-refractivity contribution is -0.138. The molecular weight excluding hydrogens is 249 g/mol. The Balaban J connectivity index is 3.23. The van der Waals surface area contributed by atoms with Gasteiger partial charge < -0.3 is 0 Å². The van der Waals surface area contributed by atoms with E-state index in [0.717, 1.165) is 5.56 Å². The summed E-state index contributed by atoms with van der Waals surface area (Å²) < 4.78 is 39.6. The van der Waals surface area contributed by atoms with Gasteiger partial charge in [0, 0.05) is 0 Å². The molecule has 104 valence electrons. The highest BCUT2D eigenvalue weighted by molar-refractivity contribution is 5.42. The van der Waals surface area contributed by atoms with E-state index in [9.17, 15) is 13.2 Å². The van der Waals surface area contributed by atoms with Crippen LogP contribution < -0.4 is 0 Å². The van der Waals surface area contributed by atoms with Gasteiger partial charge in [0.1, 0.15) is 0 Å². The molecule has 3 heteroatoms. The Hall–Kier alpha value is -1.51. The lowest BCUT2D eigenvalue weighted by Gasteiger charge is -2.18. The fraction of sp³-hybridized carbons (Fsp3) is 0.375. The van der Waals surface area contributed by atoms with Crippen molar-refractivity contribution in [1.29, 1.82) is 0 Å². The van der Waals surface area contributed by atoms with Crippen LogP contribution in [0.1, 0.15) is 35.1 Å². The van der Waals surface area contributed by atoms with Crippen molar-refractivity contribution in [1.82, 2.24) is 0 Å². The van der Waals surface area contributed by atoms with Crippen LogP contribution in [0.3, 0.4) is 0 Å². The van der Waals surface area contributed by atoms with Crippen molar-refractivity contribution in [3.8, 4) is 0 Å². The van der Waals surface area contributed by atoms with Crippen LogP contribution in [-0.2, 0) is 19.0 Å². The van der Waals surface area contributed by atoms with Crippen molar-refractivity contribution in [3.05, 3.63) is 59.7 Å². The Morgan fingerprint density at radius 2 is 1.47 bits per heavy atom. The first kappa shape index (κ1) is 15.5. The van der Waals surface area contributed by atoms with Crippen LogP contribution in [0.15, 0.2) is 37.4 Å². The lowest BCUT2D eigenvalue weighted by atomic mass is 9.92. The molecule has 0 spiro atoms. The Labute approximate surface area is 112 Å². The third-order valence-electron chi connectivity index (χ3n) is 3.18. The highest BCUT2D eigenvalue weighted by Crippen LogP contribution is 2.36. The highest BCUT2D eigenvalue weighted by atomic mass is 19.4. The predicted octanol–water partition coefficient (Wildman–Crippen LogP) is 5.25. The summed E-state index contributed by atoms with van der Waals surface area (Å²) in [7, 11) is 0. The number of halogens is 3. The Morgan fingerprint density at radius 1 is 1.00 bits per heavy atom. The van der Waals surface area contributed by atoms with E-state index in [1.807, 2.05) is 0 Å². The average Bonchev–Trinajstić information content (AvgIpc) is 2.33. The maximum absolute atomic E-state index is 13.2. The van der Waals surface area contributed by atoms with Gasteiger partial charge in [-0.15, -0.1) is 13.2 Å². The van der Waals surface area contributed by atoms with Crippen molar-refractivity contribution in [2.45, 2.75) is 38.8 Å². The molecule has 0 bridgehead atoms. The lowest BCUT2D eigenvalue weighted by Crippen LogP contribution is -2.13. The topological polar surface area (TPSA) is 0 Å². The number of allylic oxidation sites excluding steroid dienone is 2. The van der Waals surface area contributed by atoms with Gasteiger partial charge in [0.15, 0.2) is 0 Å². The number of hydrogen-bond acceptors (Lipinski definition) is 0. The van der Waals surface area contributed by atoms with E-state index >= 15 is 0 Å². The Bertz CT molecular complexity index is 456. The van der Waals surface area contributed by atoms with Gasteiger partial charge in [-0.05, 0) is 49.3 Å². The molecule has 0 saturated heterocycles. The standard InChI is InChI=1S/C16H19F3/c1-4-6-8-13-10-11-14(9-7-5-2)15(12(13)3)16(17,18)19/h4-5,10-11H,1-2,6-9H2,3H3. The number of benzene rings is 1.